The van der Waals surface area contributed by atoms with Gasteiger partial charge in [-0.1, -0.05) is 6.07 Å². The van der Waals surface area contributed by atoms with Gasteiger partial charge < -0.3 is 19.3 Å². The van der Waals surface area contributed by atoms with Crippen LogP contribution in [0.2, 0.25) is 0 Å². The molecule has 2 amide bonds. The Morgan fingerprint density at radius 1 is 1.00 bits per heavy atom. The van der Waals surface area contributed by atoms with E-state index in [1.165, 1.54) is 26.4 Å². The van der Waals surface area contributed by atoms with Crippen molar-refractivity contribution in [3.05, 3.63) is 29.6 Å². The van der Waals surface area contributed by atoms with Crippen LogP contribution >= 0.6 is 0 Å². The molecule has 1 aromatic rings. The molecule has 0 aliphatic carbocycles. The van der Waals surface area contributed by atoms with Gasteiger partial charge >= 0.3 is 5.97 Å². The predicted octanol–water partition coefficient (Wildman–Crippen LogP) is 1.00. The number of nitrogens with zero attached hydrogens (tertiary/aromatic N) is 2. The molecule has 26 heavy (non-hydrogen) atoms. The topological polar surface area (TPSA) is 76.2 Å². The number of piperazine rings is 1. The summed E-state index contributed by atoms with van der Waals surface area (Å²) in [6.07, 6.45) is 0.250. The third-order valence-electron chi connectivity index (χ3n) is 4.33. The molecule has 0 N–H and O–H groups in total. The fraction of sp³-hybridized carbons (Fsp3) is 0.500. The van der Waals surface area contributed by atoms with E-state index in [0.29, 0.717) is 31.7 Å². The van der Waals surface area contributed by atoms with E-state index in [1.807, 2.05) is 0 Å². The molecule has 0 spiro atoms. The first kappa shape index (κ1) is 19.7. The number of rotatable bonds is 6. The Morgan fingerprint density at radius 3 is 2.15 bits per heavy atom. The molecule has 0 aromatic heterocycles. The van der Waals surface area contributed by atoms with Crippen molar-refractivity contribution < 1.29 is 28.2 Å². The van der Waals surface area contributed by atoms with E-state index >= 15 is 0 Å². The van der Waals surface area contributed by atoms with Crippen LogP contribution < -0.4 is 4.74 Å². The number of halogens is 1. The lowest BCUT2D eigenvalue weighted by Crippen LogP contribution is -2.51. The third-order valence-corrected chi connectivity index (χ3v) is 4.33. The SMILES string of the molecule is COC(=O)CCC(=O)N1CCN(C(=O)Cc2ccc(OC)c(F)c2)CC1. The smallest absolute Gasteiger partial charge is 0.306 e. The van der Waals surface area contributed by atoms with Crippen LogP contribution in [0.3, 0.4) is 0 Å². The van der Waals surface area contributed by atoms with Gasteiger partial charge in [-0.05, 0) is 17.7 Å². The Balaban J connectivity index is 1.81. The van der Waals surface area contributed by atoms with Gasteiger partial charge in [-0.25, -0.2) is 4.39 Å². The first-order valence-corrected chi connectivity index (χ1v) is 8.39. The van der Waals surface area contributed by atoms with Crippen molar-refractivity contribution in [3.8, 4) is 5.75 Å². The molecule has 0 saturated carbocycles. The van der Waals surface area contributed by atoms with Gasteiger partial charge in [-0.2, -0.15) is 0 Å². The normalized spacial score (nSPS) is 14.1. The minimum atomic E-state index is -0.501. The highest BCUT2D eigenvalue weighted by molar-refractivity contribution is 5.82. The molecule has 1 aromatic carbocycles. The van der Waals surface area contributed by atoms with Crippen LogP contribution in [0.5, 0.6) is 5.75 Å². The third kappa shape index (κ3) is 5.18. The number of carbonyl (C=O) groups excluding carboxylic acids is 3. The van der Waals surface area contributed by atoms with E-state index < -0.39 is 11.8 Å². The first-order valence-electron chi connectivity index (χ1n) is 8.39. The highest BCUT2D eigenvalue weighted by Crippen LogP contribution is 2.18. The lowest BCUT2D eigenvalue weighted by molar-refractivity contribution is -0.144. The molecule has 1 saturated heterocycles. The largest absolute Gasteiger partial charge is 0.494 e. The molecule has 1 aliphatic rings. The summed E-state index contributed by atoms with van der Waals surface area (Å²) in [5.74, 6) is -1.02. The van der Waals surface area contributed by atoms with E-state index in [0.717, 1.165) is 0 Å². The van der Waals surface area contributed by atoms with Crippen molar-refractivity contribution in [1.82, 2.24) is 9.80 Å². The lowest BCUT2D eigenvalue weighted by Gasteiger charge is -2.35. The number of benzene rings is 1. The summed E-state index contributed by atoms with van der Waals surface area (Å²) in [5, 5.41) is 0. The second kappa shape index (κ2) is 9.17. The average Bonchev–Trinajstić information content (AvgIpc) is 2.66. The van der Waals surface area contributed by atoms with E-state index in [-0.39, 0.29) is 36.8 Å². The van der Waals surface area contributed by atoms with E-state index in [1.54, 1.807) is 15.9 Å². The number of hydrogen-bond acceptors (Lipinski definition) is 5. The fourth-order valence-electron chi connectivity index (χ4n) is 2.78. The van der Waals surface area contributed by atoms with Crippen LogP contribution in [0, 0.1) is 5.82 Å². The van der Waals surface area contributed by atoms with E-state index in [9.17, 15) is 18.8 Å². The number of amides is 2. The summed E-state index contributed by atoms with van der Waals surface area (Å²) in [5.41, 5.74) is 0.574. The van der Waals surface area contributed by atoms with Gasteiger partial charge in [0, 0.05) is 32.6 Å². The molecule has 8 heteroatoms. The van der Waals surface area contributed by atoms with Gasteiger partial charge in [-0.3, -0.25) is 14.4 Å². The van der Waals surface area contributed by atoms with Crippen LogP contribution in [0.1, 0.15) is 18.4 Å². The van der Waals surface area contributed by atoms with Gasteiger partial charge in [0.2, 0.25) is 11.8 Å². The van der Waals surface area contributed by atoms with Gasteiger partial charge in [0.1, 0.15) is 0 Å². The minimum Gasteiger partial charge on any atom is -0.494 e. The number of carbonyl (C=O) groups is 3. The zero-order valence-electron chi connectivity index (χ0n) is 15.0. The van der Waals surface area contributed by atoms with E-state index in [4.69, 9.17) is 4.74 Å². The van der Waals surface area contributed by atoms with Crippen molar-refractivity contribution in [1.29, 1.82) is 0 Å². The molecule has 142 valence electrons. The molecular formula is C18H23FN2O5. The Labute approximate surface area is 151 Å². The van der Waals surface area contributed by atoms with Crippen molar-refractivity contribution in [2.45, 2.75) is 19.3 Å². The summed E-state index contributed by atoms with van der Waals surface area (Å²) in [6.45, 7) is 1.67. The van der Waals surface area contributed by atoms with Crippen molar-refractivity contribution >= 4 is 17.8 Å². The molecule has 0 radical (unpaired) electrons. The van der Waals surface area contributed by atoms with Crippen LogP contribution in [0.15, 0.2) is 18.2 Å². The average molecular weight is 366 g/mol. The number of methoxy groups -OCH3 is 2. The Bertz CT molecular complexity index is 672. The molecule has 7 nitrogen and oxygen atoms in total. The summed E-state index contributed by atoms with van der Waals surface area (Å²) >= 11 is 0. The highest BCUT2D eigenvalue weighted by Gasteiger charge is 2.24. The maximum atomic E-state index is 13.7. The number of esters is 1. The van der Waals surface area contributed by atoms with Crippen LogP contribution in [-0.2, 0) is 25.5 Å². The molecule has 1 aliphatic heterocycles. The van der Waals surface area contributed by atoms with Crippen molar-refractivity contribution in [2.24, 2.45) is 0 Å². The molecule has 0 unspecified atom stereocenters. The Kier molecular flexibility index (Phi) is 6.94. The number of ether oxygens (including phenoxy) is 2. The van der Waals surface area contributed by atoms with Crippen LogP contribution in [0.4, 0.5) is 4.39 Å². The second-order valence-corrected chi connectivity index (χ2v) is 5.98. The van der Waals surface area contributed by atoms with E-state index in [2.05, 4.69) is 4.74 Å². The van der Waals surface area contributed by atoms with Gasteiger partial charge in [0.05, 0.1) is 27.1 Å². The summed E-state index contributed by atoms with van der Waals surface area (Å²) < 4.78 is 23.1. The maximum Gasteiger partial charge on any atom is 0.306 e. The maximum absolute atomic E-state index is 13.7. The quantitative estimate of drug-likeness (QED) is 0.702. The van der Waals surface area contributed by atoms with Gasteiger partial charge in [-0.15, -0.1) is 0 Å². The summed E-state index contributed by atoms with van der Waals surface area (Å²) in [6, 6.07) is 4.45. The lowest BCUT2D eigenvalue weighted by atomic mass is 10.1. The predicted molar refractivity (Wildman–Crippen MR) is 91.1 cm³/mol. The Hall–Kier alpha value is -2.64. The molecule has 1 fully saturated rings. The van der Waals surface area contributed by atoms with Gasteiger partial charge in [0.15, 0.2) is 11.6 Å². The second-order valence-electron chi connectivity index (χ2n) is 5.98. The van der Waals surface area contributed by atoms with Crippen LogP contribution in [0.25, 0.3) is 0 Å². The number of hydrogen-bond donors (Lipinski definition) is 0. The molecular weight excluding hydrogens is 343 g/mol. The zero-order chi connectivity index (χ0) is 19.1. The molecule has 0 atom stereocenters. The highest BCUT2D eigenvalue weighted by atomic mass is 19.1. The zero-order valence-corrected chi connectivity index (χ0v) is 15.0. The fourth-order valence-corrected chi connectivity index (χ4v) is 2.78. The van der Waals surface area contributed by atoms with Crippen LogP contribution in [-0.4, -0.2) is 68.0 Å². The standard InChI is InChI=1S/C18H23FN2O5/c1-25-15-4-3-13(11-14(15)19)12-17(23)21-9-7-20(8-10-21)16(22)5-6-18(24)26-2/h3-4,11H,5-10,12H2,1-2H3. The van der Waals surface area contributed by atoms with Crippen molar-refractivity contribution in [2.75, 3.05) is 40.4 Å². The summed E-state index contributed by atoms with van der Waals surface area (Å²) in [4.78, 5) is 38.8. The minimum absolute atomic E-state index is 0.0531. The van der Waals surface area contributed by atoms with Gasteiger partial charge in [0.25, 0.3) is 0 Å². The van der Waals surface area contributed by atoms with Crippen molar-refractivity contribution in [3.63, 3.8) is 0 Å². The molecule has 2 rings (SSSR count). The first-order chi connectivity index (χ1) is 12.4. The summed E-state index contributed by atoms with van der Waals surface area (Å²) in [7, 11) is 2.67. The Morgan fingerprint density at radius 2 is 1.62 bits per heavy atom. The monoisotopic (exact) mass is 366 g/mol. The molecule has 0 bridgehead atoms. The molecule has 1 heterocycles.